The lowest BCUT2D eigenvalue weighted by atomic mass is 9.98. The lowest BCUT2D eigenvalue weighted by molar-refractivity contribution is -0.131. The number of likely N-dealkylation sites (tertiary alicyclic amines) is 1. The minimum absolute atomic E-state index is 0.0489. The molecule has 10 heteroatoms. The van der Waals surface area contributed by atoms with Crippen LogP contribution in [0.4, 0.5) is 4.39 Å². The number of piperidine rings is 1. The van der Waals surface area contributed by atoms with E-state index < -0.39 is 11.3 Å². The van der Waals surface area contributed by atoms with Crippen LogP contribution in [0.1, 0.15) is 35.0 Å². The largest absolute Gasteiger partial charge is 0.360 e. The Bertz CT molecular complexity index is 1450. The van der Waals surface area contributed by atoms with Gasteiger partial charge in [-0.25, -0.2) is 4.39 Å². The van der Waals surface area contributed by atoms with Crippen molar-refractivity contribution in [1.82, 2.24) is 25.3 Å². The molecule has 0 aliphatic carbocycles. The maximum absolute atomic E-state index is 13.2. The van der Waals surface area contributed by atoms with Gasteiger partial charge in [0, 0.05) is 35.8 Å². The highest BCUT2D eigenvalue weighted by Gasteiger charge is 2.29. The molecule has 4 aromatic rings. The molecule has 1 atom stereocenters. The van der Waals surface area contributed by atoms with Crippen molar-refractivity contribution in [2.75, 3.05) is 19.6 Å². The van der Waals surface area contributed by atoms with Gasteiger partial charge in [0.1, 0.15) is 11.4 Å². The molecule has 5 rings (SSSR count). The smallest absolute Gasteiger partial charge is 0.257 e. The first-order valence-corrected chi connectivity index (χ1v) is 11.3. The maximum Gasteiger partial charge on any atom is 0.257 e. The molecular weight excluding hydrogens is 453 g/mol. The van der Waals surface area contributed by atoms with Crippen LogP contribution in [0.3, 0.4) is 0 Å². The van der Waals surface area contributed by atoms with E-state index in [0.29, 0.717) is 41.3 Å². The predicted molar refractivity (Wildman–Crippen MR) is 125 cm³/mol. The molecule has 2 aromatic heterocycles. The van der Waals surface area contributed by atoms with Gasteiger partial charge in [-0.3, -0.25) is 14.4 Å². The van der Waals surface area contributed by atoms with Gasteiger partial charge in [-0.2, -0.15) is 4.98 Å². The van der Waals surface area contributed by atoms with E-state index in [-0.39, 0.29) is 29.8 Å². The number of para-hydroxylation sites is 1. The molecule has 0 bridgehead atoms. The van der Waals surface area contributed by atoms with Gasteiger partial charge in [-0.15, -0.1) is 0 Å². The third-order valence-electron chi connectivity index (χ3n) is 6.10. The van der Waals surface area contributed by atoms with Crippen molar-refractivity contribution in [2.45, 2.75) is 18.8 Å². The van der Waals surface area contributed by atoms with E-state index in [4.69, 9.17) is 4.52 Å². The Balaban J connectivity index is 1.21. The maximum atomic E-state index is 13.2. The zero-order chi connectivity index (χ0) is 24.4. The fourth-order valence-electron chi connectivity index (χ4n) is 4.22. The highest BCUT2D eigenvalue weighted by molar-refractivity contribution is 5.98. The zero-order valence-corrected chi connectivity index (χ0v) is 18.7. The molecule has 2 aromatic carbocycles. The number of nitrogens with one attached hydrogen (secondary N) is 2. The molecule has 1 aliphatic heterocycles. The number of aromatic nitrogens is 3. The van der Waals surface area contributed by atoms with E-state index in [1.807, 2.05) is 0 Å². The Labute approximate surface area is 199 Å². The highest BCUT2D eigenvalue weighted by atomic mass is 19.1. The van der Waals surface area contributed by atoms with Gasteiger partial charge in [0.25, 0.3) is 5.91 Å². The van der Waals surface area contributed by atoms with Crippen LogP contribution >= 0.6 is 0 Å². The number of carbonyl (C=O) groups excluding carboxylic acids is 2. The van der Waals surface area contributed by atoms with Crippen molar-refractivity contribution in [3.8, 4) is 11.4 Å². The molecule has 0 unspecified atom stereocenters. The van der Waals surface area contributed by atoms with Crippen molar-refractivity contribution >= 4 is 22.7 Å². The predicted octanol–water partition coefficient (Wildman–Crippen LogP) is 2.85. The summed E-state index contributed by atoms with van der Waals surface area (Å²) in [5.41, 5.74) is 0.826. The summed E-state index contributed by atoms with van der Waals surface area (Å²) in [4.78, 5) is 47.0. The average molecular weight is 475 g/mol. The number of H-pyrrole nitrogens is 1. The minimum Gasteiger partial charge on any atom is -0.360 e. The van der Waals surface area contributed by atoms with Crippen LogP contribution in [-0.2, 0) is 4.79 Å². The molecule has 3 heterocycles. The fourth-order valence-corrected chi connectivity index (χ4v) is 4.22. The van der Waals surface area contributed by atoms with Crippen LogP contribution in [0.2, 0.25) is 0 Å². The van der Waals surface area contributed by atoms with Crippen LogP contribution < -0.4 is 10.7 Å². The molecule has 2 N–H and O–H groups in total. The number of fused-ring (bicyclic) bond motifs is 1. The molecule has 0 radical (unpaired) electrons. The second kappa shape index (κ2) is 9.49. The number of halogens is 1. The van der Waals surface area contributed by atoms with Gasteiger partial charge >= 0.3 is 0 Å². The van der Waals surface area contributed by atoms with Gasteiger partial charge in [-0.1, -0.05) is 17.3 Å². The molecule has 9 nitrogen and oxygen atoms in total. The number of rotatable bonds is 5. The third-order valence-corrected chi connectivity index (χ3v) is 6.10. The zero-order valence-electron chi connectivity index (χ0n) is 18.7. The molecule has 178 valence electrons. The second-order valence-corrected chi connectivity index (χ2v) is 8.40. The normalized spacial score (nSPS) is 15.8. The van der Waals surface area contributed by atoms with Gasteiger partial charge in [-0.05, 0) is 49.2 Å². The van der Waals surface area contributed by atoms with Crippen LogP contribution in [0.25, 0.3) is 22.3 Å². The Morgan fingerprint density at radius 2 is 1.97 bits per heavy atom. The van der Waals surface area contributed by atoms with Crippen molar-refractivity contribution in [3.63, 3.8) is 0 Å². The van der Waals surface area contributed by atoms with Crippen LogP contribution in [0.5, 0.6) is 0 Å². The standard InChI is InChI=1S/C25H22FN5O4/c26-17-9-7-15(8-10-17)23-29-25(35-30-23)16-4-3-11-31(14-16)21(32)13-28-24(34)19-12-27-20-6-2-1-5-18(20)22(19)33/h1-2,5-10,12,16H,3-4,11,13-14H2,(H,27,33)(H,28,34)/t16-/m0/s1. The Kier molecular flexibility index (Phi) is 6.09. The third kappa shape index (κ3) is 4.68. The molecule has 0 spiro atoms. The van der Waals surface area contributed by atoms with E-state index in [9.17, 15) is 18.8 Å². The van der Waals surface area contributed by atoms with E-state index >= 15 is 0 Å². The first kappa shape index (κ1) is 22.5. The first-order chi connectivity index (χ1) is 17.0. The van der Waals surface area contributed by atoms with Gasteiger partial charge in [0.05, 0.1) is 12.5 Å². The monoisotopic (exact) mass is 475 g/mol. The Morgan fingerprint density at radius 3 is 2.80 bits per heavy atom. The van der Waals surface area contributed by atoms with E-state index in [1.54, 1.807) is 41.3 Å². The molecule has 0 saturated carbocycles. The lowest BCUT2D eigenvalue weighted by Gasteiger charge is -2.31. The summed E-state index contributed by atoms with van der Waals surface area (Å²) in [7, 11) is 0. The number of amides is 2. The molecule has 1 aliphatic rings. The average Bonchev–Trinajstić information content (AvgIpc) is 3.38. The first-order valence-electron chi connectivity index (χ1n) is 11.3. The highest BCUT2D eigenvalue weighted by Crippen LogP contribution is 2.27. The molecule has 2 amide bonds. The summed E-state index contributed by atoms with van der Waals surface area (Å²) in [5, 5.41) is 6.94. The van der Waals surface area contributed by atoms with Gasteiger partial charge in [0.2, 0.25) is 23.1 Å². The topological polar surface area (TPSA) is 121 Å². The van der Waals surface area contributed by atoms with Crippen LogP contribution in [0, 0.1) is 5.82 Å². The summed E-state index contributed by atoms with van der Waals surface area (Å²) >= 11 is 0. The summed E-state index contributed by atoms with van der Waals surface area (Å²) < 4.78 is 18.6. The second-order valence-electron chi connectivity index (χ2n) is 8.40. The van der Waals surface area contributed by atoms with Crippen molar-refractivity contribution in [3.05, 3.63) is 82.2 Å². The number of hydrogen-bond acceptors (Lipinski definition) is 6. The van der Waals surface area contributed by atoms with Crippen LogP contribution in [-0.4, -0.2) is 51.5 Å². The number of aromatic amines is 1. The van der Waals surface area contributed by atoms with Crippen LogP contribution in [0.15, 0.2) is 64.0 Å². The van der Waals surface area contributed by atoms with Gasteiger partial charge in [0.15, 0.2) is 0 Å². The lowest BCUT2D eigenvalue weighted by Crippen LogP contribution is -2.45. The molecule has 35 heavy (non-hydrogen) atoms. The summed E-state index contributed by atoms with van der Waals surface area (Å²) in [6.07, 6.45) is 2.87. The van der Waals surface area contributed by atoms with Crippen molar-refractivity contribution in [2.24, 2.45) is 0 Å². The molecule has 1 fully saturated rings. The summed E-state index contributed by atoms with van der Waals surface area (Å²) in [5.74, 6) is -0.604. The van der Waals surface area contributed by atoms with Crippen molar-refractivity contribution in [1.29, 1.82) is 0 Å². The fraction of sp³-hybridized carbons (Fsp3) is 0.240. The number of benzene rings is 2. The number of nitrogens with zero attached hydrogens (tertiary/aromatic N) is 3. The van der Waals surface area contributed by atoms with E-state index in [2.05, 4.69) is 20.4 Å². The van der Waals surface area contributed by atoms with Gasteiger partial charge < -0.3 is 19.7 Å². The number of carbonyl (C=O) groups is 2. The Hall–Kier alpha value is -4.34. The Morgan fingerprint density at radius 1 is 1.17 bits per heavy atom. The molecule has 1 saturated heterocycles. The quantitative estimate of drug-likeness (QED) is 0.458. The van der Waals surface area contributed by atoms with E-state index in [0.717, 1.165) is 12.8 Å². The SMILES string of the molecule is O=C(NCC(=O)N1CCC[C@H](c2nc(-c3ccc(F)cc3)no2)C1)c1c[nH]c2ccccc2c1=O. The molecular formula is C25H22FN5O4. The van der Waals surface area contributed by atoms with E-state index in [1.165, 1.54) is 18.3 Å². The summed E-state index contributed by atoms with van der Waals surface area (Å²) in [6, 6.07) is 12.7. The summed E-state index contributed by atoms with van der Waals surface area (Å²) in [6.45, 7) is 0.680. The minimum atomic E-state index is -0.611. The number of hydrogen-bond donors (Lipinski definition) is 2. The van der Waals surface area contributed by atoms with Crippen molar-refractivity contribution < 1.29 is 18.5 Å². The number of pyridine rings is 1.